The smallest absolute Gasteiger partial charge is 0.239 e. The number of hydrogen-bond donors (Lipinski definition) is 1. The van der Waals surface area contributed by atoms with Crippen LogP contribution < -0.4 is 5.32 Å². The Morgan fingerprint density at radius 2 is 2.04 bits per heavy atom. The van der Waals surface area contributed by atoms with Gasteiger partial charge >= 0.3 is 0 Å². The van der Waals surface area contributed by atoms with Gasteiger partial charge in [-0.15, -0.1) is 0 Å². The Morgan fingerprint density at radius 3 is 2.78 bits per heavy atom. The van der Waals surface area contributed by atoms with Crippen LogP contribution in [0, 0.1) is 6.92 Å². The molecule has 1 aliphatic heterocycles. The number of aromatic nitrogens is 3. The fourth-order valence-electron chi connectivity index (χ4n) is 3.89. The minimum absolute atomic E-state index is 0.00631. The molecule has 6 heteroatoms. The number of amides is 1. The SMILES string of the molecule is Cc1cc(NC(=O)CN2CCCC2c2cccn2C)n(-c2ccccc2)n1. The molecule has 1 N–H and O–H groups in total. The van der Waals surface area contributed by atoms with E-state index in [2.05, 4.69) is 45.3 Å². The van der Waals surface area contributed by atoms with E-state index in [9.17, 15) is 4.79 Å². The number of nitrogens with one attached hydrogen (secondary N) is 1. The molecular formula is C21H25N5O. The zero-order valence-electron chi connectivity index (χ0n) is 15.8. The van der Waals surface area contributed by atoms with Crippen LogP contribution in [-0.2, 0) is 11.8 Å². The first-order valence-electron chi connectivity index (χ1n) is 9.39. The topological polar surface area (TPSA) is 55.1 Å². The first-order valence-corrected chi connectivity index (χ1v) is 9.39. The maximum atomic E-state index is 12.8. The fourth-order valence-corrected chi connectivity index (χ4v) is 3.89. The van der Waals surface area contributed by atoms with Crippen LogP contribution in [-0.4, -0.2) is 38.2 Å². The number of benzene rings is 1. The molecule has 1 aromatic carbocycles. The second kappa shape index (κ2) is 7.40. The molecule has 0 spiro atoms. The Labute approximate surface area is 159 Å². The Balaban J connectivity index is 1.48. The molecule has 1 atom stereocenters. The molecule has 0 bridgehead atoms. The van der Waals surface area contributed by atoms with Gasteiger partial charge < -0.3 is 9.88 Å². The van der Waals surface area contributed by atoms with Crippen molar-refractivity contribution in [1.82, 2.24) is 19.2 Å². The maximum Gasteiger partial charge on any atom is 0.239 e. The number of aryl methyl sites for hydroxylation is 2. The Morgan fingerprint density at radius 1 is 1.22 bits per heavy atom. The van der Waals surface area contributed by atoms with Crippen LogP contribution in [0.5, 0.6) is 0 Å². The molecule has 1 unspecified atom stereocenters. The summed E-state index contributed by atoms with van der Waals surface area (Å²) >= 11 is 0. The summed E-state index contributed by atoms with van der Waals surface area (Å²) < 4.78 is 3.93. The van der Waals surface area contributed by atoms with Crippen molar-refractivity contribution in [1.29, 1.82) is 0 Å². The van der Waals surface area contributed by atoms with E-state index in [0.29, 0.717) is 18.4 Å². The molecule has 0 radical (unpaired) electrons. The molecule has 0 saturated carbocycles. The lowest BCUT2D eigenvalue weighted by Gasteiger charge is -2.24. The zero-order chi connectivity index (χ0) is 18.8. The van der Waals surface area contributed by atoms with Crippen molar-refractivity contribution in [2.45, 2.75) is 25.8 Å². The lowest BCUT2D eigenvalue weighted by Crippen LogP contribution is -2.33. The van der Waals surface area contributed by atoms with Gasteiger partial charge in [-0.3, -0.25) is 9.69 Å². The van der Waals surface area contributed by atoms with Gasteiger partial charge in [0.1, 0.15) is 5.82 Å². The molecule has 1 fully saturated rings. The quantitative estimate of drug-likeness (QED) is 0.757. The lowest BCUT2D eigenvalue weighted by atomic mass is 10.1. The molecule has 2 aromatic heterocycles. The van der Waals surface area contributed by atoms with Crippen molar-refractivity contribution in [3.8, 4) is 5.69 Å². The number of para-hydroxylation sites is 1. The third-order valence-electron chi connectivity index (χ3n) is 5.14. The predicted octanol–water partition coefficient (Wildman–Crippen LogP) is 3.29. The van der Waals surface area contributed by atoms with E-state index in [1.807, 2.05) is 43.3 Å². The van der Waals surface area contributed by atoms with Gasteiger partial charge in [0.15, 0.2) is 0 Å². The molecular weight excluding hydrogens is 338 g/mol. The van der Waals surface area contributed by atoms with Crippen LogP contribution in [0.2, 0.25) is 0 Å². The highest BCUT2D eigenvalue weighted by Gasteiger charge is 2.29. The highest BCUT2D eigenvalue weighted by molar-refractivity contribution is 5.91. The first-order chi connectivity index (χ1) is 13.1. The minimum Gasteiger partial charge on any atom is -0.353 e. The van der Waals surface area contributed by atoms with Crippen molar-refractivity contribution >= 4 is 11.7 Å². The average molecular weight is 363 g/mol. The second-order valence-electron chi connectivity index (χ2n) is 7.14. The summed E-state index contributed by atoms with van der Waals surface area (Å²) in [6.07, 6.45) is 4.27. The van der Waals surface area contributed by atoms with Gasteiger partial charge in [-0.25, -0.2) is 4.68 Å². The summed E-state index contributed by atoms with van der Waals surface area (Å²) in [5, 5.41) is 7.57. The lowest BCUT2D eigenvalue weighted by molar-refractivity contribution is -0.117. The largest absolute Gasteiger partial charge is 0.353 e. The number of likely N-dealkylation sites (tertiary alicyclic amines) is 1. The van der Waals surface area contributed by atoms with Gasteiger partial charge in [0.25, 0.3) is 0 Å². The standard InChI is InChI=1S/C21H25N5O/c1-16-14-20(26(23-16)17-8-4-3-5-9-17)22-21(27)15-25-13-7-11-19(25)18-10-6-12-24(18)2/h3-6,8-10,12,14,19H,7,11,13,15H2,1-2H3,(H,22,27). The Kier molecular flexibility index (Phi) is 4.81. The number of rotatable bonds is 5. The fraction of sp³-hybridized carbons (Fsp3) is 0.333. The summed E-state index contributed by atoms with van der Waals surface area (Å²) in [6, 6.07) is 16.3. The van der Waals surface area contributed by atoms with E-state index >= 15 is 0 Å². The number of carbonyl (C=O) groups is 1. The van der Waals surface area contributed by atoms with Gasteiger partial charge in [-0.1, -0.05) is 18.2 Å². The van der Waals surface area contributed by atoms with Crippen LogP contribution in [0.25, 0.3) is 5.69 Å². The number of carbonyl (C=O) groups excluding carboxylic acids is 1. The van der Waals surface area contributed by atoms with Gasteiger partial charge in [0.05, 0.1) is 24.0 Å². The van der Waals surface area contributed by atoms with E-state index in [1.54, 1.807) is 4.68 Å². The van der Waals surface area contributed by atoms with E-state index in [4.69, 9.17) is 0 Å². The summed E-state index contributed by atoms with van der Waals surface area (Å²) in [6.45, 7) is 3.26. The monoisotopic (exact) mass is 363 g/mol. The number of nitrogens with zero attached hydrogens (tertiary/aromatic N) is 4. The molecule has 3 heterocycles. The average Bonchev–Trinajstić information content (AvgIpc) is 3.36. The first kappa shape index (κ1) is 17.5. The molecule has 0 aliphatic carbocycles. The highest BCUT2D eigenvalue weighted by atomic mass is 16.2. The van der Waals surface area contributed by atoms with E-state index in [0.717, 1.165) is 30.8 Å². The molecule has 1 amide bonds. The molecule has 6 nitrogen and oxygen atoms in total. The predicted molar refractivity (Wildman–Crippen MR) is 106 cm³/mol. The zero-order valence-corrected chi connectivity index (χ0v) is 15.8. The molecule has 4 rings (SSSR count). The Hall–Kier alpha value is -2.86. The van der Waals surface area contributed by atoms with E-state index < -0.39 is 0 Å². The van der Waals surface area contributed by atoms with Gasteiger partial charge in [0, 0.05) is 25.0 Å². The molecule has 140 valence electrons. The molecule has 1 aliphatic rings. The van der Waals surface area contributed by atoms with Crippen molar-refractivity contribution < 1.29 is 4.79 Å². The summed E-state index contributed by atoms with van der Waals surface area (Å²) in [5.74, 6) is 0.700. The third-order valence-corrected chi connectivity index (χ3v) is 5.14. The van der Waals surface area contributed by atoms with E-state index in [-0.39, 0.29) is 5.91 Å². The van der Waals surface area contributed by atoms with E-state index in [1.165, 1.54) is 5.69 Å². The van der Waals surface area contributed by atoms with Crippen LogP contribution in [0.1, 0.15) is 30.3 Å². The van der Waals surface area contributed by atoms with Crippen LogP contribution in [0.3, 0.4) is 0 Å². The second-order valence-corrected chi connectivity index (χ2v) is 7.14. The molecule has 27 heavy (non-hydrogen) atoms. The Bertz CT molecular complexity index is 927. The maximum absolute atomic E-state index is 12.8. The third kappa shape index (κ3) is 3.66. The van der Waals surface area contributed by atoms with Crippen LogP contribution in [0.4, 0.5) is 5.82 Å². The molecule has 3 aromatic rings. The number of hydrogen-bond acceptors (Lipinski definition) is 3. The highest BCUT2D eigenvalue weighted by Crippen LogP contribution is 2.31. The molecule has 1 saturated heterocycles. The van der Waals surface area contributed by atoms with Gasteiger partial charge in [0.2, 0.25) is 5.91 Å². The van der Waals surface area contributed by atoms with Crippen molar-refractivity contribution in [2.75, 3.05) is 18.4 Å². The summed E-state index contributed by atoms with van der Waals surface area (Å²) in [7, 11) is 2.06. The van der Waals surface area contributed by atoms with Gasteiger partial charge in [-0.05, 0) is 50.6 Å². The number of anilines is 1. The van der Waals surface area contributed by atoms with Crippen molar-refractivity contribution in [3.05, 3.63) is 66.1 Å². The summed E-state index contributed by atoms with van der Waals surface area (Å²) in [4.78, 5) is 15.0. The summed E-state index contributed by atoms with van der Waals surface area (Å²) in [5.41, 5.74) is 3.08. The van der Waals surface area contributed by atoms with Crippen molar-refractivity contribution in [3.63, 3.8) is 0 Å². The van der Waals surface area contributed by atoms with Crippen LogP contribution >= 0.6 is 0 Å². The van der Waals surface area contributed by atoms with Gasteiger partial charge in [-0.2, -0.15) is 5.10 Å². The van der Waals surface area contributed by atoms with Crippen molar-refractivity contribution in [2.24, 2.45) is 7.05 Å². The minimum atomic E-state index is -0.00631. The normalized spacial score (nSPS) is 17.3. The van der Waals surface area contributed by atoms with Crippen LogP contribution in [0.15, 0.2) is 54.7 Å².